The molecular weight excluding hydrogens is 302 g/mol. The standard InChI is InChI=1S/C16H14BrNO/c1-18-15-9-5-13(6-10-15)16(19)11-4-12-2-7-14(17)8-3-12/h2-11,18H,1H3. The van der Waals surface area contributed by atoms with Crippen LogP contribution < -0.4 is 5.32 Å². The smallest absolute Gasteiger partial charge is 0.185 e. The van der Waals surface area contributed by atoms with Gasteiger partial charge in [0, 0.05) is 22.8 Å². The van der Waals surface area contributed by atoms with Crippen molar-refractivity contribution in [2.24, 2.45) is 0 Å². The van der Waals surface area contributed by atoms with Gasteiger partial charge in [0.1, 0.15) is 0 Å². The number of benzene rings is 2. The molecule has 0 spiro atoms. The van der Waals surface area contributed by atoms with Gasteiger partial charge in [0.25, 0.3) is 0 Å². The van der Waals surface area contributed by atoms with Crippen LogP contribution in [0.15, 0.2) is 59.1 Å². The second-order valence-corrected chi connectivity index (χ2v) is 4.99. The summed E-state index contributed by atoms with van der Waals surface area (Å²) in [4.78, 5) is 12.0. The van der Waals surface area contributed by atoms with E-state index >= 15 is 0 Å². The van der Waals surface area contributed by atoms with Gasteiger partial charge in [-0.2, -0.15) is 0 Å². The highest BCUT2D eigenvalue weighted by molar-refractivity contribution is 9.10. The molecule has 0 saturated heterocycles. The van der Waals surface area contributed by atoms with E-state index in [0.29, 0.717) is 5.56 Å². The maximum Gasteiger partial charge on any atom is 0.185 e. The van der Waals surface area contributed by atoms with Crippen LogP contribution in [0.5, 0.6) is 0 Å². The molecule has 0 aliphatic rings. The summed E-state index contributed by atoms with van der Waals surface area (Å²) >= 11 is 3.38. The zero-order chi connectivity index (χ0) is 13.7. The molecule has 2 nitrogen and oxygen atoms in total. The van der Waals surface area contributed by atoms with Crippen LogP contribution in [0.4, 0.5) is 5.69 Å². The molecule has 0 amide bonds. The molecule has 0 fully saturated rings. The SMILES string of the molecule is CNc1ccc(C(=O)C=Cc2ccc(Br)cc2)cc1. The Morgan fingerprint density at radius 1 is 1.05 bits per heavy atom. The van der Waals surface area contributed by atoms with Gasteiger partial charge in [-0.05, 0) is 48.0 Å². The maximum atomic E-state index is 12.0. The monoisotopic (exact) mass is 315 g/mol. The Hall–Kier alpha value is -1.87. The molecule has 1 N–H and O–H groups in total. The lowest BCUT2D eigenvalue weighted by Crippen LogP contribution is -1.95. The Labute approximate surface area is 121 Å². The highest BCUT2D eigenvalue weighted by atomic mass is 79.9. The van der Waals surface area contributed by atoms with Crippen LogP contribution in [-0.4, -0.2) is 12.8 Å². The molecule has 0 heterocycles. The number of hydrogen-bond donors (Lipinski definition) is 1. The molecule has 19 heavy (non-hydrogen) atoms. The lowest BCUT2D eigenvalue weighted by Gasteiger charge is -2.00. The third-order valence-corrected chi connectivity index (χ3v) is 3.28. The zero-order valence-corrected chi connectivity index (χ0v) is 12.1. The molecule has 0 radical (unpaired) electrons. The van der Waals surface area contributed by atoms with Crippen LogP contribution in [0.2, 0.25) is 0 Å². The van der Waals surface area contributed by atoms with Gasteiger partial charge in [0.05, 0.1) is 0 Å². The second-order valence-electron chi connectivity index (χ2n) is 4.08. The molecule has 2 aromatic rings. The van der Waals surface area contributed by atoms with Crippen molar-refractivity contribution < 1.29 is 4.79 Å². The number of anilines is 1. The van der Waals surface area contributed by atoms with Crippen molar-refractivity contribution in [2.75, 3.05) is 12.4 Å². The molecule has 0 aliphatic heterocycles. The summed E-state index contributed by atoms with van der Waals surface area (Å²) < 4.78 is 1.03. The number of nitrogens with one attached hydrogen (secondary N) is 1. The molecule has 0 aromatic heterocycles. The van der Waals surface area contributed by atoms with Gasteiger partial charge in [0.2, 0.25) is 0 Å². The molecule has 0 unspecified atom stereocenters. The third kappa shape index (κ3) is 3.80. The predicted molar refractivity (Wildman–Crippen MR) is 83.5 cm³/mol. The summed E-state index contributed by atoms with van der Waals surface area (Å²) in [6.07, 6.45) is 3.42. The lowest BCUT2D eigenvalue weighted by molar-refractivity contribution is 0.104. The number of hydrogen-bond acceptors (Lipinski definition) is 2. The summed E-state index contributed by atoms with van der Waals surface area (Å²) in [7, 11) is 1.85. The van der Waals surface area contributed by atoms with Crippen molar-refractivity contribution in [3.8, 4) is 0 Å². The molecule has 0 atom stereocenters. The van der Waals surface area contributed by atoms with Gasteiger partial charge in [-0.3, -0.25) is 4.79 Å². The molecular formula is C16H14BrNO. The summed E-state index contributed by atoms with van der Waals surface area (Å²) in [6, 6.07) is 15.2. The van der Waals surface area contributed by atoms with E-state index in [2.05, 4.69) is 21.2 Å². The average molecular weight is 316 g/mol. The van der Waals surface area contributed by atoms with Crippen LogP contribution in [-0.2, 0) is 0 Å². The Morgan fingerprint density at radius 2 is 1.68 bits per heavy atom. The first-order valence-electron chi connectivity index (χ1n) is 5.95. The van der Waals surface area contributed by atoms with Crippen LogP contribution in [0.3, 0.4) is 0 Å². The zero-order valence-electron chi connectivity index (χ0n) is 10.6. The first kappa shape index (κ1) is 13.6. The number of rotatable bonds is 4. The molecule has 0 bridgehead atoms. The fourth-order valence-electron chi connectivity index (χ4n) is 1.64. The van der Waals surface area contributed by atoms with Gasteiger partial charge < -0.3 is 5.32 Å². The van der Waals surface area contributed by atoms with Crippen molar-refractivity contribution in [3.63, 3.8) is 0 Å². The lowest BCUT2D eigenvalue weighted by atomic mass is 10.1. The van der Waals surface area contributed by atoms with Crippen LogP contribution in [0.25, 0.3) is 6.08 Å². The van der Waals surface area contributed by atoms with Crippen molar-refractivity contribution in [3.05, 3.63) is 70.2 Å². The minimum atomic E-state index is 0.00516. The molecule has 96 valence electrons. The molecule has 2 rings (SSSR count). The Balaban J connectivity index is 2.09. The molecule has 0 saturated carbocycles. The molecule has 0 aliphatic carbocycles. The first-order valence-corrected chi connectivity index (χ1v) is 6.74. The number of ketones is 1. The average Bonchev–Trinajstić information content (AvgIpc) is 2.46. The van der Waals surface area contributed by atoms with E-state index in [1.807, 2.05) is 61.7 Å². The van der Waals surface area contributed by atoms with Gasteiger partial charge in [-0.1, -0.05) is 34.1 Å². The normalized spacial score (nSPS) is 10.6. The second kappa shape index (κ2) is 6.34. The largest absolute Gasteiger partial charge is 0.388 e. The topological polar surface area (TPSA) is 29.1 Å². The van der Waals surface area contributed by atoms with Crippen molar-refractivity contribution >= 4 is 33.5 Å². The number of carbonyl (C=O) groups excluding carboxylic acids is 1. The predicted octanol–water partition coefficient (Wildman–Crippen LogP) is 4.39. The van der Waals surface area contributed by atoms with E-state index in [9.17, 15) is 4.79 Å². The van der Waals surface area contributed by atoms with Crippen molar-refractivity contribution in [2.45, 2.75) is 0 Å². The van der Waals surface area contributed by atoms with E-state index in [1.54, 1.807) is 6.08 Å². The summed E-state index contributed by atoms with van der Waals surface area (Å²) in [5.41, 5.74) is 2.68. The van der Waals surface area contributed by atoms with E-state index < -0.39 is 0 Å². The van der Waals surface area contributed by atoms with Crippen LogP contribution in [0, 0.1) is 0 Å². The van der Waals surface area contributed by atoms with Crippen LogP contribution >= 0.6 is 15.9 Å². The van der Waals surface area contributed by atoms with E-state index in [4.69, 9.17) is 0 Å². The Kier molecular flexibility index (Phi) is 4.53. The highest BCUT2D eigenvalue weighted by Gasteiger charge is 2.01. The number of carbonyl (C=O) groups is 1. The van der Waals surface area contributed by atoms with E-state index in [-0.39, 0.29) is 5.78 Å². The molecule has 3 heteroatoms. The third-order valence-electron chi connectivity index (χ3n) is 2.76. The Morgan fingerprint density at radius 3 is 2.26 bits per heavy atom. The Bertz CT molecular complexity index is 585. The maximum absolute atomic E-state index is 12.0. The van der Waals surface area contributed by atoms with Gasteiger partial charge in [-0.15, -0.1) is 0 Å². The fourth-order valence-corrected chi connectivity index (χ4v) is 1.91. The van der Waals surface area contributed by atoms with Crippen molar-refractivity contribution in [1.82, 2.24) is 0 Å². The molecule has 2 aromatic carbocycles. The first-order chi connectivity index (χ1) is 9.19. The summed E-state index contributed by atoms with van der Waals surface area (Å²) in [6.45, 7) is 0. The summed E-state index contributed by atoms with van der Waals surface area (Å²) in [5.74, 6) is 0.00516. The van der Waals surface area contributed by atoms with Gasteiger partial charge in [-0.25, -0.2) is 0 Å². The minimum Gasteiger partial charge on any atom is -0.388 e. The van der Waals surface area contributed by atoms with Crippen LogP contribution in [0.1, 0.15) is 15.9 Å². The van der Waals surface area contributed by atoms with E-state index in [1.165, 1.54) is 0 Å². The number of allylic oxidation sites excluding steroid dienone is 1. The van der Waals surface area contributed by atoms with Gasteiger partial charge in [0.15, 0.2) is 5.78 Å². The van der Waals surface area contributed by atoms with E-state index in [0.717, 1.165) is 15.7 Å². The summed E-state index contributed by atoms with van der Waals surface area (Å²) in [5, 5.41) is 3.02. The fraction of sp³-hybridized carbons (Fsp3) is 0.0625. The quantitative estimate of drug-likeness (QED) is 0.669. The number of halogens is 1. The highest BCUT2D eigenvalue weighted by Crippen LogP contribution is 2.13. The minimum absolute atomic E-state index is 0.00516. The van der Waals surface area contributed by atoms with Crippen molar-refractivity contribution in [1.29, 1.82) is 0 Å². The van der Waals surface area contributed by atoms with Gasteiger partial charge >= 0.3 is 0 Å².